The fourth-order valence-corrected chi connectivity index (χ4v) is 3.37. The zero-order chi connectivity index (χ0) is 21.2. The van der Waals surface area contributed by atoms with E-state index in [-0.39, 0.29) is 10.8 Å². The SMILES string of the molecule is CC(C)(C)c1ccc(N(c2ccc(C=O)cc2)c2ccc(C(C)(C)C)cc2)cc1. The summed E-state index contributed by atoms with van der Waals surface area (Å²) in [7, 11) is 0. The van der Waals surface area contributed by atoms with Gasteiger partial charge in [-0.2, -0.15) is 0 Å². The number of nitrogens with zero attached hydrogens (tertiary/aromatic N) is 1. The lowest BCUT2D eigenvalue weighted by Crippen LogP contribution is -2.14. The number of hydrogen-bond acceptors (Lipinski definition) is 2. The van der Waals surface area contributed by atoms with Gasteiger partial charge >= 0.3 is 0 Å². The largest absolute Gasteiger partial charge is 0.311 e. The van der Waals surface area contributed by atoms with Crippen molar-refractivity contribution >= 4 is 23.3 Å². The Kier molecular flexibility index (Phi) is 5.66. The van der Waals surface area contributed by atoms with Crippen LogP contribution in [0.5, 0.6) is 0 Å². The van der Waals surface area contributed by atoms with Gasteiger partial charge in [0.15, 0.2) is 0 Å². The van der Waals surface area contributed by atoms with Gasteiger partial charge in [-0.3, -0.25) is 4.79 Å². The third kappa shape index (κ3) is 4.76. The Bertz CT molecular complexity index is 896. The fraction of sp³-hybridized carbons (Fsp3) is 0.296. The van der Waals surface area contributed by atoms with Gasteiger partial charge in [-0.05, 0) is 70.5 Å². The van der Waals surface area contributed by atoms with Crippen LogP contribution >= 0.6 is 0 Å². The van der Waals surface area contributed by atoms with Crippen LogP contribution in [-0.4, -0.2) is 6.29 Å². The Labute approximate surface area is 175 Å². The van der Waals surface area contributed by atoms with Gasteiger partial charge < -0.3 is 4.90 Å². The zero-order valence-corrected chi connectivity index (χ0v) is 18.4. The van der Waals surface area contributed by atoms with Gasteiger partial charge in [-0.25, -0.2) is 0 Å². The molecule has 0 saturated carbocycles. The monoisotopic (exact) mass is 385 g/mol. The lowest BCUT2D eigenvalue weighted by Gasteiger charge is -2.28. The highest BCUT2D eigenvalue weighted by Gasteiger charge is 2.18. The van der Waals surface area contributed by atoms with Crippen molar-refractivity contribution in [3.63, 3.8) is 0 Å². The Morgan fingerprint density at radius 2 is 0.862 bits per heavy atom. The number of rotatable bonds is 4. The second kappa shape index (κ2) is 7.87. The first-order valence-electron chi connectivity index (χ1n) is 10.2. The Balaban J connectivity index is 2.07. The van der Waals surface area contributed by atoms with Crippen molar-refractivity contribution in [3.05, 3.63) is 89.5 Å². The highest BCUT2D eigenvalue weighted by molar-refractivity contribution is 5.80. The first kappa shape index (κ1) is 20.9. The van der Waals surface area contributed by atoms with Crippen LogP contribution in [0.1, 0.15) is 63.0 Å². The quantitative estimate of drug-likeness (QED) is 0.432. The van der Waals surface area contributed by atoms with E-state index in [2.05, 4.69) is 95.0 Å². The minimum absolute atomic E-state index is 0.114. The van der Waals surface area contributed by atoms with E-state index in [9.17, 15) is 4.79 Å². The third-order valence-corrected chi connectivity index (χ3v) is 5.27. The molecule has 2 nitrogen and oxygen atoms in total. The van der Waals surface area contributed by atoms with Gasteiger partial charge in [0.25, 0.3) is 0 Å². The van der Waals surface area contributed by atoms with Crippen LogP contribution in [0.3, 0.4) is 0 Å². The smallest absolute Gasteiger partial charge is 0.150 e. The molecule has 3 aromatic carbocycles. The van der Waals surface area contributed by atoms with Gasteiger partial charge in [-0.15, -0.1) is 0 Å². The van der Waals surface area contributed by atoms with Crippen molar-refractivity contribution in [2.45, 2.75) is 52.4 Å². The Hall–Kier alpha value is -2.87. The molecule has 0 aliphatic carbocycles. The fourth-order valence-electron chi connectivity index (χ4n) is 3.37. The maximum Gasteiger partial charge on any atom is 0.150 e. The van der Waals surface area contributed by atoms with E-state index in [0.29, 0.717) is 5.56 Å². The summed E-state index contributed by atoms with van der Waals surface area (Å²) in [6.07, 6.45) is 0.879. The standard InChI is InChI=1S/C27H31NO/c1-26(2,3)21-9-15-24(16-10-21)28(23-13-7-20(19-29)8-14-23)25-17-11-22(12-18-25)27(4,5)6/h7-19H,1-6H3. The summed E-state index contributed by atoms with van der Waals surface area (Å²) in [6, 6.07) is 25.2. The van der Waals surface area contributed by atoms with E-state index in [0.717, 1.165) is 23.3 Å². The summed E-state index contributed by atoms with van der Waals surface area (Å²) < 4.78 is 0. The molecule has 0 heterocycles. The van der Waals surface area contributed by atoms with Crippen molar-refractivity contribution in [3.8, 4) is 0 Å². The number of carbonyl (C=O) groups excluding carboxylic acids is 1. The molecule has 0 aromatic heterocycles. The molecule has 0 atom stereocenters. The van der Waals surface area contributed by atoms with E-state index in [1.54, 1.807) is 0 Å². The third-order valence-electron chi connectivity index (χ3n) is 5.27. The average molecular weight is 386 g/mol. The van der Waals surface area contributed by atoms with Crippen molar-refractivity contribution in [2.24, 2.45) is 0 Å². The van der Waals surface area contributed by atoms with Gasteiger partial charge in [0.2, 0.25) is 0 Å². The predicted octanol–water partition coefficient (Wildman–Crippen LogP) is 7.56. The number of benzene rings is 3. The summed E-state index contributed by atoms with van der Waals surface area (Å²) in [5, 5.41) is 0. The van der Waals surface area contributed by atoms with E-state index in [4.69, 9.17) is 0 Å². The molecule has 3 aromatic rings. The van der Waals surface area contributed by atoms with Crippen LogP contribution in [-0.2, 0) is 10.8 Å². The average Bonchev–Trinajstić information content (AvgIpc) is 2.68. The second-order valence-electron chi connectivity index (χ2n) is 9.64. The molecule has 0 amide bonds. The summed E-state index contributed by atoms with van der Waals surface area (Å²) in [4.78, 5) is 13.3. The van der Waals surface area contributed by atoms with Gasteiger partial charge in [-0.1, -0.05) is 65.8 Å². The summed E-state index contributed by atoms with van der Waals surface area (Å²) >= 11 is 0. The van der Waals surface area contributed by atoms with E-state index in [1.165, 1.54) is 11.1 Å². The molecule has 0 radical (unpaired) electrons. The molecule has 0 aliphatic heterocycles. The molecule has 0 saturated heterocycles. The highest BCUT2D eigenvalue weighted by Crippen LogP contribution is 2.36. The molecular formula is C27H31NO. The molecule has 3 rings (SSSR count). The number of aldehydes is 1. The molecule has 29 heavy (non-hydrogen) atoms. The van der Waals surface area contributed by atoms with Crippen LogP contribution in [0, 0.1) is 0 Å². The van der Waals surface area contributed by atoms with Crippen molar-refractivity contribution in [1.29, 1.82) is 0 Å². The molecule has 0 bridgehead atoms. The number of anilines is 3. The molecule has 0 fully saturated rings. The van der Waals surface area contributed by atoms with Crippen LogP contribution in [0.2, 0.25) is 0 Å². The Morgan fingerprint density at radius 1 is 0.552 bits per heavy atom. The Morgan fingerprint density at radius 3 is 1.14 bits per heavy atom. The topological polar surface area (TPSA) is 20.3 Å². The molecule has 2 heteroatoms. The minimum atomic E-state index is 0.114. The maximum absolute atomic E-state index is 11.1. The van der Waals surface area contributed by atoms with E-state index in [1.807, 2.05) is 24.3 Å². The van der Waals surface area contributed by atoms with Crippen molar-refractivity contribution in [2.75, 3.05) is 4.90 Å². The summed E-state index contributed by atoms with van der Waals surface area (Å²) in [5.41, 5.74) is 6.75. The second-order valence-corrected chi connectivity index (χ2v) is 9.64. The maximum atomic E-state index is 11.1. The van der Waals surface area contributed by atoms with Crippen LogP contribution in [0.25, 0.3) is 0 Å². The lowest BCUT2D eigenvalue weighted by atomic mass is 9.86. The molecular weight excluding hydrogens is 354 g/mol. The van der Waals surface area contributed by atoms with Gasteiger partial charge in [0.05, 0.1) is 0 Å². The van der Waals surface area contributed by atoms with Gasteiger partial charge in [0.1, 0.15) is 6.29 Å². The van der Waals surface area contributed by atoms with Crippen LogP contribution < -0.4 is 4.90 Å². The predicted molar refractivity (Wildman–Crippen MR) is 124 cm³/mol. The number of hydrogen-bond donors (Lipinski definition) is 0. The molecule has 150 valence electrons. The molecule has 0 N–H and O–H groups in total. The highest BCUT2D eigenvalue weighted by atomic mass is 16.1. The van der Waals surface area contributed by atoms with E-state index >= 15 is 0 Å². The minimum Gasteiger partial charge on any atom is -0.311 e. The van der Waals surface area contributed by atoms with Crippen molar-refractivity contribution < 1.29 is 4.79 Å². The zero-order valence-electron chi connectivity index (χ0n) is 18.4. The van der Waals surface area contributed by atoms with Crippen LogP contribution in [0.4, 0.5) is 17.1 Å². The first-order valence-corrected chi connectivity index (χ1v) is 10.2. The normalized spacial score (nSPS) is 11.9. The lowest BCUT2D eigenvalue weighted by molar-refractivity contribution is 0.112. The molecule has 0 unspecified atom stereocenters. The van der Waals surface area contributed by atoms with Crippen molar-refractivity contribution in [1.82, 2.24) is 0 Å². The summed E-state index contributed by atoms with van der Waals surface area (Å²) in [6.45, 7) is 13.4. The summed E-state index contributed by atoms with van der Waals surface area (Å²) in [5.74, 6) is 0. The molecule has 0 spiro atoms. The van der Waals surface area contributed by atoms with Crippen LogP contribution in [0.15, 0.2) is 72.8 Å². The number of carbonyl (C=O) groups is 1. The van der Waals surface area contributed by atoms with E-state index < -0.39 is 0 Å². The van der Waals surface area contributed by atoms with Gasteiger partial charge in [0, 0.05) is 22.6 Å². The first-order chi connectivity index (χ1) is 13.6. The molecule has 0 aliphatic rings.